The molecule has 0 atom stereocenters. The van der Waals surface area contributed by atoms with E-state index in [1.165, 1.54) is 0 Å². The average molecular weight is 356 g/mol. The van der Waals surface area contributed by atoms with Crippen LogP contribution in [0, 0.1) is 0 Å². The van der Waals surface area contributed by atoms with E-state index < -0.39 is 0 Å². The van der Waals surface area contributed by atoms with Crippen molar-refractivity contribution in [3.8, 4) is 5.75 Å². The van der Waals surface area contributed by atoms with Crippen LogP contribution in [0.2, 0.25) is 0 Å². The van der Waals surface area contributed by atoms with Crippen LogP contribution in [0.1, 0.15) is 16.2 Å². The molecule has 5 nitrogen and oxygen atoms in total. The number of rotatable bonds is 7. The molecule has 0 saturated heterocycles. The quantitative estimate of drug-likeness (QED) is 0.688. The van der Waals surface area contributed by atoms with E-state index in [-0.39, 0.29) is 6.03 Å². The largest absolute Gasteiger partial charge is 0.496 e. The lowest BCUT2D eigenvalue weighted by molar-refractivity contribution is 0.187. The molecule has 2 amide bonds. The van der Waals surface area contributed by atoms with Crippen LogP contribution in [0.25, 0.3) is 0 Å². The Morgan fingerprint density at radius 1 is 1.16 bits per heavy atom. The second-order valence-electron chi connectivity index (χ2n) is 5.49. The molecule has 3 rings (SSSR count). The van der Waals surface area contributed by atoms with E-state index in [0.29, 0.717) is 19.6 Å². The number of hydrogen-bond donors (Lipinski definition) is 1. The fourth-order valence-electron chi connectivity index (χ4n) is 2.51. The molecule has 3 aromatic rings. The van der Waals surface area contributed by atoms with E-state index in [9.17, 15) is 4.79 Å². The van der Waals surface area contributed by atoms with Crippen molar-refractivity contribution in [2.75, 3.05) is 7.11 Å². The number of methoxy groups -OCH3 is 1. The second-order valence-corrected chi connectivity index (χ2v) is 6.52. The van der Waals surface area contributed by atoms with Gasteiger partial charge in [0.05, 0.1) is 26.5 Å². The minimum atomic E-state index is -0.143. The number of para-hydroxylation sites is 1. The minimum Gasteiger partial charge on any atom is -0.496 e. The van der Waals surface area contributed by atoms with Crippen molar-refractivity contribution in [3.05, 3.63) is 76.4 Å². The maximum absolute atomic E-state index is 12.7. The number of nitrogens with one attached hydrogen (secondary N) is 1. The van der Waals surface area contributed by atoms with Crippen LogP contribution >= 0.6 is 11.3 Å². The number of nitrogens with zero attached hydrogens (tertiary/aromatic N) is 1. The van der Waals surface area contributed by atoms with Gasteiger partial charge in [-0.05, 0) is 29.6 Å². The number of furan rings is 1. The molecule has 0 saturated carbocycles. The molecular weight excluding hydrogens is 336 g/mol. The maximum Gasteiger partial charge on any atom is 0.318 e. The molecular formula is C19H20N2O3S. The Morgan fingerprint density at radius 3 is 2.76 bits per heavy atom. The molecule has 1 aromatic carbocycles. The molecule has 0 aliphatic carbocycles. The first-order valence-corrected chi connectivity index (χ1v) is 8.83. The fraction of sp³-hybridized carbons (Fsp3) is 0.211. The first-order chi connectivity index (χ1) is 12.3. The first-order valence-electron chi connectivity index (χ1n) is 7.95. The third-order valence-corrected chi connectivity index (χ3v) is 4.62. The van der Waals surface area contributed by atoms with Crippen molar-refractivity contribution >= 4 is 17.4 Å². The molecule has 0 spiro atoms. The number of urea groups is 1. The van der Waals surface area contributed by atoms with Crippen LogP contribution < -0.4 is 10.1 Å². The summed E-state index contributed by atoms with van der Waals surface area (Å²) in [5.41, 5.74) is 0.937. The second kappa shape index (κ2) is 8.39. The highest BCUT2D eigenvalue weighted by Crippen LogP contribution is 2.18. The van der Waals surface area contributed by atoms with Crippen molar-refractivity contribution in [2.45, 2.75) is 19.6 Å². The van der Waals surface area contributed by atoms with Crippen LogP contribution in [0.15, 0.2) is 64.6 Å². The van der Waals surface area contributed by atoms with Gasteiger partial charge in [-0.3, -0.25) is 0 Å². The SMILES string of the molecule is COc1ccccc1CNC(=O)N(Cc1ccco1)Cc1cccs1. The summed E-state index contributed by atoms with van der Waals surface area (Å²) in [6, 6.07) is 15.2. The van der Waals surface area contributed by atoms with Gasteiger partial charge in [0.1, 0.15) is 11.5 Å². The van der Waals surface area contributed by atoms with Gasteiger partial charge in [-0.1, -0.05) is 24.3 Å². The highest BCUT2D eigenvalue weighted by atomic mass is 32.1. The van der Waals surface area contributed by atoms with Gasteiger partial charge in [-0.15, -0.1) is 11.3 Å². The molecule has 6 heteroatoms. The Bertz CT molecular complexity index is 749. The third kappa shape index (κ3) is 4.64. The topological polar surface area (TPSA) is 54.7 Å². The number of amides is 2. The monoisotopic (exact) mass is 356 g/mol. The van der Waals surface area contributed by atoms with Gasteiger partial charge in [0.15, 0.2) is 0 Å². The Labute approximate surface area is 150 Å². The number of hydrogen-bond acceptors (Lipinski definition) is 4. The zero-order valence-electron chi connectivity index (χ0n) is 14.0. The maximum atomic E-state index is 12.7. The standard InChI is InChI=1S/C19H20N2O3S/c1-23-18-9-3-2-6-15(18)12-20-19(22)21(13-16-7-4-10-24-16)14-17-8-5-11-25-17/h2-11H,12-14H2,1H3,(H,20,22). The van der Waals surface area contributed by atoms with Crippen LogP contribution in [0.3, 0.4) is 0 Å². The Hall–Kier alpha value is -2.73. The number of carbonyl (C=O) groups is 1. The highest BCUT2D eigenvalue weighted by Gasteiger charge is 2.16. The highest BCUT2D eigenvalue weighted by molar-refractivity contribution is 7.09. The van der Waals surface area contributed by atoms with Gasteiger partial charge in [0, 0.05) is 17.0 Å². The fourth-order valence-corrected chi connectivity index (χ4v) is 3.23. The van der Waals surface area contributed by atoms with Gasteiger partial charge in [-0.25, -0.2) is 4.79 Å². The molecule has 25 heavy (non-hydrogen) atoms. The summed E-state index contributed by atoms with van der Waals surface area (Å²) in [5, 5.41) is 4.98. The van der Waals surface area contributed by atoms with Crippen molar-refractivity contribution in [3.63, 3.8) is 0 Å². The Morgan fingerprint density at radius 2 is 2.04 bits per heavy atom. The number of carbonyl (C=O) groups excluding carboxylic acids is 1. The Kier molecular flexibility index (Phi) is 5.74. The van der Waals surface area contributed by atoms with Crippen molar-refractivity contribution in [1.82, 2.24) is 10.2 Å². The predicted molar refractivity (Wildman–Crippen MR) is 97.5 cm³/mol. The number of ether oxygens (including phenoxy) is 1. The van der Waals surface area contributed by atoms with E-state index in [2.05, 4.69) is 5.32 Å². The summed E-state index contributed by atoms with van der Waals surface area (Å²) < 4.78 is 10.7. The van der Waals surface area contributed by atoms with Gasteiger partial charge >= 0.3 is 6.03 Å². The van der Waals surface area contributed by atoms with Crippen molar-refractivity contribution in [2.24, 2.45) is 0 Å². The first kappa shape index (κ1) is 17.1. The molecule has 0 radical (unpaired) electrons. The van der Waals surface area contributed by atoms with Gasteiger partial charge in [-0.2, -0.15) is 0 Å². The summed E-state index contributed by atoms with van der Waals surface area (Å²) in [7, 11) is 1.63. The molecule has 1 N–H and O–H groups in total. The molecule has 2 heterocycles. The predicted octanol–water partition coefficient (Wildman–Crippen LogP) is 4.26. The van der Waals surface area contributed by atoms with Gasteiger partial charge < -0.3 is 19.4 Å². The van der Waals surface area contributed by atoms with Crippen LogP contribution in [0.4, 0.5) is 4.79 Å². The van der Waals surface area contributed by atoms with Gasteiger partial charge in [0.2, 0.25) is 0 Å². The lowest BCUT2D eigenvalue weighted by atomic mass is 10.2. The molecule has 0 unspecified atom stereocenters. The lowest BCUT2D eigenvalue weighted by Crippen LogP contribution is -2.38. The summed E-state index contributed by atoms with van der Waals surface area (Å²) in [4.78, 5) is 15.6. The summed E-state index contributed by atoms with van der Waals surface area (Å²) in [5.74, 6) is 1.52. The molecule has 0 aliphatic heterocycles. The smallest absolute Gasteiger partial charge is 0.318 e. The van der Waals surface area contributed by atoms with Crippen LogP contribution in [-0.2, 0) is 19.6 Å². The minimum absolute atomic E-state index is 0.143. The molecule has 2 aromatic heterocycles. The van der Waals surface area contributed by atoms with Crippen molar-refractivity contribution in [1.29, 1.82) is 0 Å². The summed E-state index contributed by atoms with van der Waals surface area (Å²) in [6.07, 6.45) is 1.62. The van der Waals surface area contributed by atoms with E-state index in [4.69, 9.17) is 9.15 Å². The van der Waals surface area contributed by atoms with Crippen LogP contribution in [0.5, 0.6) is 5.75 Å². The van der Waals surface area contributed by atoms with E-state index in [0.717, 1.165) is 22.0 Å². The lowest BCUT2D eigenvalue weighted by Gasteiger charge is -2.22. The van der Waals surface area contributed by atoms with Crippen LogP contribution in [-0.4, -0.2) is 18.0 Å². The summed E-state index contributed by atoms with van der Waals surface area (Å²) in [6.45, 7) is 1.36. The average Bonchev–Trinajstić information content (AvgIpc) is 3.33. The van der Waals surface area contributed by atoms with E-state index >= 15 is 0 Å². The van der Waals surface area contributed by atoms with E-state index in [1.807, 2.05) is 53.9 Å². The number of thiophene rings is 1. The summed E-state index contributed by atoms with van der Waals surface area (Å²) >= 11 is 1.63. The molecule has 0 fully saturated rings. The molecule has 0 aliphatic rings. The zero-order valence-corrected chi connectivity index (χ0v) is 14.8. The van der Waals surface area contributed by atoms with Gasteiger partial charge in [0.25, 0.3) is 0 Å². The molecule has 0 bridgehead atoms. The molecule has 130 valence electrons. The van der Waals surface area contributed by atoms with Crippen molar-refractivity contribution < 1.29 is 13.9 Å². The zero-order chi connectivity index (χ0) is 17.5. The van der Waals surface area contributed by atoms with E-state index in [1.54, 1.807) is 29.6 Å². The normalized spacial score (nSPS) is 10.4. The Balaban J connectivity index is 1.67. The number of benzene rings is 1. The third-order valence-electron chi connectivity index (χ3n) is 3.76.